The van der Waals surface area contributed by atoms with E-state index in [0.29, 0.717) is 56.4 Å². The van der Waals surface area contributed by atoms with Crippen molar-refractivity contribution in [1.82, 2.24) is 4.90 Å². The lowest BCUT2D eigenvalue weighted by atomic mass is 10.1. The number of rotatable bonds is 8. The predicted octanol–water partition coefficient (Wildman–Crippen LogP) is 5.20. The number of hydrogen-bond donors (Lipinski definition) is 1. The maximum atomic E-state index is 12.4. The highest BCUT2D eigenvalue weighted by atomic mass is 79.9. The van der Waals surface area contributed by atoms with Gasteiger partial charge < -0.3 is 14.6 Å². The van der Waals surface area contributed by atoms with Crippen LogP contribution >= 0.6 is 39.3 Å². The molecule has 1 aliphatic heterocycles. The van der Waals surface area contributed by atoms with Gasteiger partial charge in [0.1, 0.15) is 13.2 Å². The predicted molar refractivity (Wildman–Crippen MR) is 121 cm³/mol. The molecule has 0 bridgehead atoms. The molecule has 0 aromatic heterocycles. The number of carboxylic acids is 1. The highest BCUT2D eigenvalue weighted by Crippen LogP contribution is 2.38. The maximum Gasteiger partial charge on any atom is 0.323 e. The largest absolute Gasteiger partial charge is 0.490 e. The Morgan fingerprint density at radius 2 is 1.87 bits per heavy atom. The summed E-state index contributed by atoms with van der Waals surface area (Å²) in [6.07, 6.45) is 1.52. The van der Waals surface area contributed by atoms with Gasteiger partial charge in [0.25, 0.3) is 11.1 Å². The van der Waals surface area contributed by atoms with Crippen molar-refractivity contribution in [1.29, 1.82) is 0 Å². The molecule has 31 heavy (non-hydrogen) atoms. The number of amides is 2. The Bertz CT molecular complexity index is 1060. The van der Waals surface area contributed by atoms with Gasteiger partial charge in [-0.3, -0.25) is 19.3 Å². The quantitative estimate of drug-likeness (QED) is 0.473. The minimum atomic E-state index is -1.26. The van der Waals surface area contributed by atoms with Crippen LogP contribution in [-0.4, -0.2) is 40.3 Å². The van der Waals surface area contributed by atoms with E-state index in [4.69, 9.17) is 26.2 Å². The third-order valence-electron chi connectivity index (χ3n) is 4.12. The van der Waals surface area contributed by atoms with Gasteiger partial charge in [-0.05, 0) is 60.2 Å². The Kier molecular flexibility index (Phi) is 7.64. The van der Waals surface area contributed by atoms with Gasteiger partial charge in [-0.1, -0.05) is 39.7 Å². The van der Waals surface area contributed by atoms with Gasteiger partial charge in [0, 0.05) is 9.50 Å². The summed E-state index contributed by atoms with van der Waals surface area (Å²) in [7, 11) is 0. The number of hydrogen-bond acceptors (Lipinski definition) is 6. The van der Waals surface area contributed by atoms with Gasteiger partial charge >= 0.3 is 5.97 Å². The molecule has 1 heterocycles. The number of ether oxygens (including phenoxy) is 2. The highest BCUT2D eigenvalue weighted by molar-refractivity contribution is 9.10. The van der Waals surface area contributed by atoms with Gasteiger partial charge in [0.15, 0.2) is 11.5 Å². The molecule has 0 unspecified atom stereocenters. The standard InChI is InChI=1S/C21H17BrClNO6S/c1-2-29-16-7-13(8-18-20(27)24(10-19(25)26)21(28)31-18)15(22)9-17(16)30-11-12-3-5-14(23)6-4-12/h3-9H,2,10-11H2,1H3,(H,25,26)/b18-8+. The molecule has 0 radical (unpaired) electrons. The molecule has 2 aromatic rings. The van der Waals surface area contributed by atoms with Crippen LogP contribution in [0.4, 0.5) is 4.79 Å². The summed E-state index contributed by atoms with van der Waals surface area (Å²) in [5, 5.41) is 8.90. The number of benzene rings is 2. The van der Waals surface area contributed by atoms with E-state index in [1.54, 1.807) is 24.3 Å². The summed E-state index contributed by atoms with van der Waals surface area (Å²) in [5.74, 6) is -0.939. The fraction of sp³-hybridized carbons (Fsp3) is 0.190. The number of nitrogens with zero attached hydrogens (tertiary/aromatic N) is 1. The molecule has 1 fully saturated rings. The topological polar surface area (TPSA) is 93.1 Å². The van der Waals surface area contributed by atoms with Crippen molar-refractivity contribution in [2.24, 2.45) is 0 Å². The van der Waals surface area contributed by atoms with Crippen LogP contribution in [-0.2, 0) is 16.2 Å². The fourth-order valence-corrected chi connectivity index (χ4v) is 4.09. The molecule has 1 aliphatic rings. The summed E-state index contributed by atoms with van der Waals surface area (Å²) < 4.78 is 12.2. The average molecular weight is 527 g/mol. The van der Waals surface area contributed by atoms with Crippen molar-refractivity contribution in [3.05, 3.63) is 61.9 Å². The highest BCUT2D eigenvalue weighted by Gasteiger charge is 2.36. The van der Waals surface area contributed by atoms with Crippen LogP contribution in [0, 0.1) is 0 Å². The van der Waals surface area contributed by atoms with Crippen LogP contribution in [0.3, 0.4) is 0 Å². The first kappa shape index (κ1) is 23.2. The first-order valence-corrected chi connectivity index (χ1v) is 11.1. The average Bonchev–Trinajstić information content (AvgIpc) is 2.97. The number of carbonyl (C=O) groups excluding carboxylic acids is 2. The van der Waals surface area contributed by atoms with Gasteiger partial charge in [-0.2, -0.15) is 0 Å². The minimum Gasteiger partial charge on any atom is -0.490 e. The normalized spacial score (nSPS) is 14.9. The van der Waals surface area contributed by atoms with Crippen LogP contribution in [0.15, 0.2) is 45.8 Å². The number of carbonyl (C=O) groups is 3. The SMILES string of the molecule is CCOc1cc(/C=C2/SC(=O)N(CC(=O)O)C2=O)c(Br)cc1OCc1ccc(Cl)cc1. The van der Waals surface area contributed by atoms with Crippen LogP contribution in [0.5, 0.6) is 11.5 Å². The van der Waals surface area contributed by atoms with Crippen LogP contribution < -0.4 is 9.47 Å². The second-order valence-electron chi connectivity index (χ2n) is 6.33. The first-order valence-electron chi connectivity index (χ1n) is 9.09. The Morgan fingerprint density at radius 1 is 1.19 bits per heavy atom. The van der Waals surface area contributed by atoms with E-state index < -0.39 is 23.7 Å². The van der Waals surface area contributed by atoms with Crippen molar-refractivity contribution in [3.8, 4) is 11.5 Å². The molecule has 10 heteroatoms. The second kappa shape index (κ2) is 10.2. The van der Waals surface area contributed by atoms with E-state index in [1.165, 1.54) is 6.08 Å². The molecule has 1 saturated heterocycles. The first-order chi connectivity index (χ1) is 14.8. The molecule has 0 aliphatic carbocycles. The van der Waals surface area contributed by atoms with Crippen molar-refractivity contribution >= 4 is 62.5 Å². The van der Waals surface area contributed by atoms with Gasteiger partial charge in [-0.15, -0.1) is 0 Å². The van der Waals surface area contributed by atoms with Crippen LogP contribution in [0.2, 0.25) is 5.02 Å². The Balaban J connectivity index is 1.85. The molecule has 7 nitrogen and oxygen atoms in total. The molecule has 0 atom stereocenters. The van der Waals surface area contributed by atoms with Gasteiger partial charge in [0.05, 0.1) is 11.5 Å². The molecular weight excluding hydrogens is 510 g/mol. The monoisotopic (exact) mass is 525 g/mol. The van der Waals surface area contributed by atoms with E-state index >= 15 is 0 Å². The zero-order valence-corrected chi connectivity index (χ0v) is 19.4. The van der Waals surface area contributed by atoms with Crippen molar-refractivity contribution in [2.45, 2.75) is 13.5 Å². The minimum absolute atomic E-state index is 0.129. The van der Waals surface area contributed by atoms with E-state index in [-0.39, 0.29) is 4.91 Å². The zero-order chi connectivity index (χ0) is 22.5. The summed E-state index contributed by atoms with van der Waals surface area (Å²) >= 11 is 10.1. The number of aliphatic carboxylic acids is 1. The second-order valence-corrected chi connectivity index (χ2v) is 8.61. The summed E-state index contributed by atoms with van der Waals surface area (Å²) in [6.45, 7) is 1.86. The summed E-state index contributed by atoms with van der Waals surface area (Å²) in [4.78, 5) is 36.1. The molecule has 1 N–H and O–H groups in total. The summed E-state index contributed by atoms with van der Waals surface area (Å²) in [6, 6.07) is 10.7. The number of imide groups is 1. The summed E-state index contributed by atoms with van der Waals surface area (Å²) in [5.41, 5.74) is 1.52. The van der Waals surface area contributed by atoms with Gasteiger partial charge in [0.2, 0.25) is 0 Å². The molecule has 0 spiro atoms. The van der Waals surface area contributed by atoms with Crippen molar-refractivity contribution in [3.63, 3.8) is 0 Å². The lowest BCUT2D eigenvalue weighted by molar-refractivity contribution is -0.140. The third-order valence-corrected chi connectivity index (χ3v) is 5.97. The number of thioether (sulfide) groups is 1. The lowest BCUT2D eigenvalue weighted by Gasteiger charge is -2.14. The third kappa shape index (κ3) is 5.81. The molecule has 162 valence electrons. The maximum absolute atomic E-state index is 12.4. The van der Waals surface area contributed by atoms with E-state index in [2.05, 4.69) is 15.9 Å². The smallest absolute Gasteiger partial charge is 0.323 e. The fourth-order valence-electron chi connectivity index (χ4n) is 2.70. The van der Waals surface area contributed by atoms with Crippen LogP contribution in [0.25, 0.3) is 6.08 Å². The van der Waals surface area contributed by atoms with E-state index in [0.717, 1.165) is 5.56 Å². The Morgan fingerprint density at radius 3 is 2.52 bits per heavy atom. The molecule has 3 rings (SSSR count). The molecular formula is C21H17BrClNO6S. The van der Waals surface area contributed by atoms with Crippen LogP contribution in [0.1, 0.15) is 18.1 Å². The zero-order valence-electron chi connectivity index (χ0n) is 16.3. The van der Waals surface area contributed by atoms with Crippen molar-refractivity contribution in [2.75, 3.05) is 13.2 Å². The van der Waals surface area contributed by atoms with E-state index in [1.807, 2.05) is 19.1 Å². The van der Waals surface area contributed by atoms with Gasteiger partial charge in [-0.25, -0.2) is 0 Å². The molecule has 2 aromatic carbocycles. The number of carboxylic acid groups (broad SMARTS) is 1. The lowest BCUT2D eigenvalue weighted by Crippen LogP contribution is -2.33. The Labute approximate surface area is 196 Å². The van der Waals surface area contributed by atoms with Crippen molar-refractivity contribution < 1.29 is 29.0 Å². The molecule has 0 saturated carbocycles. The Hall–Kier alpha value is -2.49. The number of halogens is 2. The van der Waals surface area contributed by atoms with E-state index in [9.17, 15) is 14.4 Å². The molecule has 2 amide bonds.